The zero-order valence-corrected chi connectivity index (χ0v) is 11.5. The Balaban J connectivity index is 2.35. The summed E-state index contributed by atoms with van der Waals surface area (Å²) in [5, 5.41) is 0. The van der Waals surface area contributed by atoms with Gasteiger partial charge in [-0.25, -0.2) is 0 Å². The normalized spacial score (nSPS) is 31.1. The predicted molar refractivity (Wildman–Crippen MR) is 68.3 cm³/mol. The van der Waals surface area contributed by atoms with Crippen LogP contribution in [0.1, 0.15) is 53.9 Å². The van der Waals surface area contributed by atoms with Crippen molar-refractivity contribution >= 4 is 5.97 Å². The number of cyclic esters (lactones) is 1. The fraction of sp³-hybridized carbons (Fsp3) is 0.667. The summed E-state index contributed by atoms with van der Waals surface area (Å²) in [6.07, 6.45) is 5.07. The maximum atomic E-state index is 11.7. The highest BCUT2D eigenvalue weighted by Crippen LogP contribution is 2.43. The van der Waals surface area contributed by atoms with Crippen molar-refractivity contribution in [2.75, 3.05) is 0 Å². The summed E-state index contributed by atoms with van der Waals surface area (Å²) >= 11 is 0. The van der Waals surface area contributed by atoms with Gasteiger partial charge < -0.3 is 4.74 Å². The van der Waals surface area contributed by atoms with E-state index < -0.39 is 0 Å². The zero-order chi connectivity index (χ0) is 12.8. The molecule has 0 N–H and O–H groups in total. The van der Waals surface area contributed by atoms with E-state index in [0.717, 1.165) is 25.0 Å². The monoisotopic (exact) mass is 234 g/mol. The highest BCUT2D eigenvalue weighted by atomic mass is 16.5. The second kappa shape index (κ2) is 3.72. The Hall–Kier alpha value is -1.05. The molecule has 0 bridgehead atoms. The van der Waals surface area contributed by atoms with Gasteiger partial charge in [0.25, 0.3) is 0 Å². The van der Waals surface area contributed by atoms with Gasteiger partial charge in [-0.3, -0.25) is 4.79 Å². The van der Waals surface area contributed by atoms with Gasteiger partial charge in [-0.05, 0) is 44.6 Å². The van der Waals surface area contributed by atoms with Crippen LogP contribution in [0.5, 0.6) is 0 Å². The molecule has 0 spiro atoms. The van der Waals surface area contributed by atoms with Gasteiger partial charge in [-0.2, -0.15) is 0 Å². The Morgan fingerprint density at radius 3 is 2.24 bits per heavy atom. The van der Waals surface area contributed by atoms with Crippen molar-refractivity contribution in [1.82, 2.24) is 0 Å². The van der Waals surface area contributed by atoms with E-state index in [1.54, 1.807) is 0 Å². The first-order valence-corrected chi connectivity index (χ1v) is 6.31. The number of esters is 1. The molecule has 2 nitrogen and oxygen atoms in total. The van der Waals surface area contributed by atoms with Gasteiger partial charge in [0.15, 0.2) is 0 Å². The molecule has 0 radical (unpaired) electrons. The largest absolute Gasteiger partial charge is 0.430 e. The van der Waals surface area contributed by atoms with Crippen LogP contribution in [0.2, 0.25) is 0 Å². The van der Waals surface area contributed by atoms with Crippen molar-refractivity contribution < 1.29 is 9.53 Å². The van der Waals surface area contributed by atoms with E-state index >= 15 is 0 Å². The van der Waals surface area contributed by atoms with Crippen LogP contribution in [0.15, 0.2) is 23.0 Å². The molecule has 0 aromatic rings. The second-order valence-electron chi connectivity index (χ2n) is 6.91. The Labute approximate surface area is 104 Å². The Kier molecular flexibility index (Phi) is 2.72. The number of rotatable bonds is 0. The first-order chi connectivity index (χ1) is 7.70. The fourth-order valence-electron chi connectivity index (χ4n) is 2.85. The van der Waals surface area contributed by atoms with Crippen molar-refractivity contribution in [3.63, 3.8) is 0 Å². The zero-order valence-electron chi connectivity index (χ0n) is 11.5. The van der Waals surface area contributed by atoms with E-state index in [0.29, 0.717) is 0 Å². The first kappa shape index (κ1) is 12.4. The summed E-state index contributed by atoms with van der Waals surface area (Å²) in [6, 6.07) is 0. The highest BCUT2D eigenvalue weighted by molar-refractivity contribution is 5.80. The quantitative estimate of drug-likeness (QED) is 0.593. The summed E-state index contributed by atoms with van der Waals surface area (Å²) in [7, 11) is 0. The van der Waals surface area contributed by atoms with Gasteiger partial charge in [0.2, 0.25) is 0 Å². The average Bonchev–Trinajstić information content (AvgIpc) is 2.38. The van der Waals surface area contributed by atoms with Crippen molar-refractivity contribution in [2.45, 2.75) is 53.9 Å². The molecular weight excluding hydrogens is 212 g/mol. The molecule has 0 unspecified atom stereocenters. The molecule has 0 saturated carbocycles. The Bertz CT molecular complexity index is 422. The van der Waals surface area contributed by atoms with E-state index in [4.69, 9.17) is 4.74 Å². The van der Waals surface area contributed by atoms with Crippen LogP contribution in [0, 0.1) is 10.8 Å². The van der Waals surface area contributed by atoms with E-state index in [1.807, 2.05) is 13.8 Å². The molecule has 0 aromatic carbocycles. The van der Waals surface area contributed by atoms with Crippen molar-refractivity contribution in [1.29, 1.82) is 0 Å². The fourth-order valence-corrected chi connectivity index (χ4v) is 2.85. The minimum absolute atomic E-state index is 0.0885. The van der Waals surface area contributed by atoms with E-state index in [2.05, 4.69) is 26.8 Å². The lowest BCUT2D eigenvalue weighted by atomic mass is 9.75. The SMILES string of the molecule is CC1=C/C(=C2\CC(C)(C)C(=O)O2)CC(C)(C)C1. The summed E-state index contributed by atoms with van der Waals surface area (Å²) < 4.78 is 5.45. The van der Waals surface area contributed by atoms with Crippen LogP contribution >= 0.6 is 0 Å². The lowest BCUT2D eigenvalue weighted by molar-refractivity contribution is -0.142. The molecule has 94 valence electrons. The Morgan fingerprint density at radius 2 is 1.76 bits per heavy atom. The number of ether oxygens (including phenoxy) is 1. The van der Waals surface area contributed by atoms with Gasteiger partial charge in [0.1, 0.15) is 5.76 Å². The lowest BCUT2D eigenvalue weighted by Gasteiger charge is -2.30. The predicted octanol–water partition coefficient (Wildman–Crippen LogP) is 3.98. The molecule has 2 heteroatoms. The number of carbonyl (C=O) groups excluding carboxylic acids is 1. The van der Waals surface area contributed by atoms with Gasteiger partial charge in [-0.1, -0.05) is 25.5 Å². The number of hydrogen-bond acceptors (Lipinski definition) is 2. The van der Waals surface area contributed by atoms with E-state index in [9.17, 15) is 4.79 Å². The van der Waals surface area contributed by atoms with Crippen LogP contribution in [0.3, 0.4) is 0 Å². The third-order valence-corrected chi connectivity index (χ3v) is 3.58. The molecular formula is C15H22O2. The molecule has 1 heterocycles. The lowest BCUT2D eigenvalue weighted by Crippen LogP contribution is -2.17. The maximum absolute atomic E-state index is 11.7. The molecule has 1 aliphatic heterocycles. The maximum Gasteiger partial charge on any atom is 0.317 e. The third kappa shape index (κ3) is 2.46. The smallest absolute Gasteiger partial charge is 0.317 e. The molecule has 0 amide bonds. The van der Waals surface area contributed by atoms with E-state index in [1.165, 1.54) is 11.1 Å². The minimum atomic E-state index is -0.355. The van der Waals surface area contributed by atoms with Crippen LogP contribution in [0.4, 0.5) is 0 Å². The molecule has 2 rings (SSSR count). The van der Waals surface area contributed by atoms with Gasteiger partial charge in [0.05, 0.1) is 5.41 Å². The van der Waals surface area contributed by atoms with Crippen LogP contribution < -0.4 is 0 Å². The molecule has 1 aliphatic carbocycles. The molecule has 17 heavy (non-hydrogen) atoms. The molecule has 1 fully saturated rings. The van der Waals surface area contributed by atoms with Crippen molar-refractivity contribution in [3.05, 3.63) is 23.0 Å². The van der Waals surface area contributed by atoms with Crippen LogP contribution in [0.25, 0.3) is 0 Å². The topological polar surface area (TPSA) is 26.3 Å². The summed E-state index contributed by atoms with van der Waals surface area (Å²) in [6.45, 7) is 10.6. The van der Waals surface area contributed by atoms with Gasteiger partial charge >= 0.3 is 5.97 Å². The second-order valence-corrected chi connectivity index (χ2v) is 6.91. The summed E-state index contributed by atoms with van der Waals surface area (Å²) in [4.78, 5) is 11.7. The van der Waals surface area contributed by atoms with Crippen molar-refractivity contribution in [2.24, 2.45) is 10.8 Å². The average molecular weight is 234 g/mol. The molecule has 0 aromatic heterocycles. The Morgan fingerprint density at radius 1 is 1.12 bits per heavy atom. The standard InChI is InChI=1S/C15H22O2/c1-10-6-11(8-14(2,3)7-10)12-9-15(4,5)13(16)17-12/h6H,7-9H2,1-5H3/b12-11-. The minimum Gasteiger partial charge on any atom is -0.430 e. The van der Waals surface area contributed by atoms with Gasteiger partial charge in [0, 0.05) is 6.42 Å². The first-order valence-electron chi connectivity index (χ1n) is 6.31. The number of allylic oxidation sites excluding steroid dienone is 4. The highest BCUT2D eigenvalue weighted by Gasteiger charge is 2.40. The third-order valence-electron chi connectivity index (χ3n) is 3.58. The summed E-state index contributed by atoms with van der Waals surface area (Å²) in [5.74, 6) is 0.807. The van der Waals surface area contributed by atoms with Crippen molar-refractivity contribution in [3.8, 4) is 0 Å². The van der Waals surface area contributed by atoms with Crippen LogP contribution in [-0.4, -0.2) is 5.97 Å². The number of hydrogen-bond donors (Lipinski definition) is 0. The number of carbonyl (C=O) groups is 1. The molecule has 2 aliphatic rings. The van der Waals surface area contributed by atoms with E-state index in [-0.39, 0.29) is 16.8 Å². The van der Waals surface area contributed by atoms with Gasteiger partial charge in [-0.15, -0.1) is 0 Å². The van der Waals surface area contributed by atoms with Crippen LogP contribution in [-0.2, 0) is 9.53 Å². The summed E-state index contributed by atoms with van der Waals surface area (Å²) in [5.41, 5.74) is 2.52. The molecule has 1 saturated heterocycles. The molecule has 0 atom stereocenters.